The summed E-state index contributed by atoms with van der Waals surface area (Å²) in [4.78, 5) is 37.4. The number of hydrogen-bond donors (Lipinski definition) is 3. The summed E-state index contributed by atoms with van der Waals surface area (Å²) in [6, 6.07) is 16.0. The van der Waals surface area contributed by atoms with Crippen molar-refractivity contribution in [1.29, 1.82) is 0 Å². The Morgan fingerprint density at radius 3 is 2.24 bits per heavy atom. The highest BCUT2D eigenvalue weighted by molar-refractivity contribution is 5.80. The molecular formula is C25H28N2O7. The zero-order valence-corrected chi connectivity index (χ0v) is 18.8. The summed E-state index contributed by atoms with van der Waals surface area (Å²) in [7, 11) is 1.40. The van der Waals surface area contributed by atoms with Crippen molar-refractivity contribution in [2.24, 2.45) is 5.92 Å². The number of alkyl carbamates (subject to hydrolysis) is 1. The summed E-state index contributed by atoms with van der Waals surface area (Å²) in [5.41, 5.74) is 4.45. The lowest BCUT2D eigenvalue weighted by atomic mass is 9.98. The zero-order valence-electron chi connectivity index (χ0n) is 18.8. The number of carboxylic acid groups (broad SMARTS) is 1. The minimum Gasteiger partial charge on any atom is -0.481 e. The van der Waals surface area contributed by atoms with Crippen molar-refractivity contribution >= 4 is 18.0 Å². The molecule has 2 aromatic rings. The van der Waals surface area contributed by atoms with Crippen molar-refractivity contribution in [3.63, 3.8) is 0 Å². The van der Waals surface area contributed by atoms with Crippen LogP contribution in [-0.2, 0) is 19.1 Å². The van der Waals surface area contributed by atoms with E-state index >= 15 is 0 Å². The van der Waals surface area contributed by atoms with Crippen LogP contribution in [0.2, 0.25) is 0 Å². The number of rotatable bonds is 8. The summed E-state index contributed by atoms with van der Waals surface area (Å²) in [5.74, 6) is -2.30. The lowest BCUT2D eigenvalue weighted by molar-refractivity contribution is -0.144. The molecular weight excluding hydrogens is 440 g/mol. The Hall–Kier alpha value is -3.43. The molecule has 2 aliphatic rings. The van der Waals surface area contributed by atoms with Gasteiger partial charge in [0.15, 0.2) is 0 Å². The van der Waals surface area contributed by atoms with E-state index in [4.69, 9.17) is 9.47 Å². The highest BCUT2D eigenvalue weighted by atomic mass is 16.5. The number of carbonyl (C=O) groups excluding carboxylic acids is 2. The average Bonchev–Trinajstić information content (AvgIpc) is 3.41. The van der Waals surface area contributed by atoms with E-state index in [-0.39, 0.29) is 38.6 Å². The minimum atomic E-state index is -1.13. The number of likely N-dealkylation sites (tertiary alicyclic amines) is 1. The third kappa shape index (κ3) is 4.90. The number of nitrogens with zero attached hydrogens (tertiary/aromatic N) is 1. The van der Waals surface area contributed by atoms with E-state index in [0.717, 1.165) is 22.3 Å². The SMILES string of the molecule is COC1CN(C(=O)CC(O)CNC(=O)OCC2c3ccccc3-c3ccccc32)CC1C(=O)O. The fourth-order valence-corrected chi connectivity index (χ4v) is 4.71. The number of amides is 2. The Morgan fingerprint density at radius 1 is 1.06 bits per heavy atom. The molecule has 1 saturated heterocycles. The van der Waals surface area contributed by atoms with Gasteiger partial charge in [-0.25, -0.2) is 4.79 Å². The quantitative estimate of drug-likeness (QED) is 0.540. The number of methoxy groups -OCH3 is 1. The Morgan fingerprint density at radius 2 is 1.68 bits per heavy atom. The third-order valence-corrected chi connectivity index (χ3v) is 6.47. The number of benzene rings is 2. The van der Waals surface area contributed by atoms with Crippen LogP contribution in [-0.4, -0.2) is 78.6 Å². The van der Waals surface area contributed by atoms with Gasteiger partial charge in [-0.15, -0.1) is 0 Å². The Labute approximate surface area is 197 Å². The van der Waals surface area contributed by atoms with Gasteiger partial charge in [0.25, 0.3) is 0 Å². The van der Waals surface area contributed by atoms with Gasteiger partial charge >= 0.3 is 12.1 Å². The van der Waals surface area contributed by atoms with E-state index in [9.17, 15) is 24.6 Å². The third-order valence-electron chi connectivity index (χ3n) is 6.47. The molecule has 2 amide bonds. The largest absolute Gasteiger partial charge is 0.481 e. The molecule has 3 N–H and O–H groups in total. The maximum atomic E-state index is 12.4. The van der Waals surface area contributed by atoms with Gasteiger partial charge in [0.1, 0.15) is 12.5 Å². The van der Waals surface area contributed by atoms with Crippen LogP contribution in [0.4, 0.5) is 4.79 Å². The van der Waals surface area contributed by atoms with Crippen molar-refractivity contribution in [3.8, 4) is 11.1 Å². The molecule has 9 heteroatoms. The van der Waals surface area contributed by atoms with Crippen molar-refractivity contribution in [2.75, 3.05) is 33.4 Å². The van der Waals surface area contributed by atoms with Crippen LogP contribution < -0.4 is 5.32 Å². The highest BCUT2D eigenvalue weighted by Gasteiger charge is 2.40. The van der Waals surface area contributed by atoms with E-state index in [1.165, 1.54) is 12.0 Å². The maximum Gasteiger partial charge on any atom is 0.407 e. The van der Waals surface area contributed by atoms with Gasteiger partial charge in [-0.3, -0.25) is 9.59 Å². The molecule has 9 nitrogen and oxygen atoms in total. The molecule has 1 heterocycles. The van der Waals surface area contributed by atoms with Gasteiger partial charge in [0.05, 0.1) is 18.6 Å². The molecule has 0 spiro atoms. The second-order valence-electron chi connectivity index (χ2n) is 8.58. The van der Waals surface area contributed by atoms with Crippen LogP contribution in [0.3, 0.4) is 0 Å². The van der Waals surface area contributed by atoms with E-state index in [1.54, 1.807) is 0 Å². The lowest BCUT2D eigenvalue weighted by Gasteiger charge is -2.19. The predicted octanol–water partition coefficient (Wildman–Crippen LogP) is 1.83. The molecule has 1 aliphatic heterocycles. The van der Waals surface area contributed by atoms with Gasteiger partial charge in [-0.05, 0) is 22.3 Å². The first-order valence-corrected chi connectivity index (χ1v) is 11.2. The molecule has 180 valence electrons. The monoisotopic (exact) mass is 468 g/mol. The van der Waals surface area contributed by atoms with Crippen LogP contribution in [0.25, 0.3) is 11.1 Å². The first kappa shape index (κ1) is 23.7. The topological polar surface area (TPSA) is 125 Å². The van der Waals surface area contributed by atoms with Crippen LogP contribution in [0.5, 0.6) is 0 Å². The second-order valence-corrected chi connectivity index (χ2v) is 8.58. The molecule has 0 radical (unpaired) electrons. The van der Waals surface area contributed by atoms with Crippen LogP contribution in [0.1, 0.15) is 23.5 Å². The zero-order chi connectivity index (χ0) is 24.2. The van der Waals surface area contributed by atoms with Gasteiger partial charge in [0, 0.05) is 32.7 Å². The summed E-state index contributed by atoms with van der Waals surface area (Å²) in [6.45, 7) is 0.169. The van der Waals surface area contributed by atoms with Crippen LogP contribution in [0, 0.1) is 5.92 Å². The normalized spacial score (nSPS) is 19.9. The number of carbonyl (C=O) groups is 3. The summed E-state index contributed by atoms with van der Waals surface area (Å²) in [6.07, 6.45) is -2.64. The van der Waals surface area contributed by atoms with Gasteiger partial charge in [0.2, 0.25) is 5.91 Å². The molecule has 0 bridgehead atoms. The molecule has 4 rings (SSSR count). The van der Waals surface area contributed by atoms with Gasteiger partial charge in [-0.1, -0.05) is 48.5 Å². The molecule has 2 aromatic carbocycles. The number of fused-ring (bicyclic) bond motifs is 3. The summed E-state index contributed by atoms with van der Waals surface area (Å²) in [5, 5.41) is 21.9. The molecule has 1 aliphatic carbocycles. The van der Waals surface area contributed by atoms with Crippen LogP contribution >= 0.6 is 0 Å². The molecule has 0 aromatic heterocycles. The first-order valence-electron chi connectivity index (χ1n) is 11.2. The standard InChI is InChI=1S/C25H28N2O7/c1-33-22-13-27(12-20(22)24(30)31)23(29)10-15(28)11-26-25(32)34-14-21-18-8-4-2-6-16(18)17-7-3-5-9-19(17)21/h2-9,15,20-22,28H,10-14H2,1H3,(H,26,32)(H,30,31). The highest BCUT2D eigenvalue weighted by Crippen LogP contribution is 2.44. The fraction of sp³-hybridized carbons (Fsp3) is 0.400. The number of aliphatic hydroxyl groups excluding tert-OH is 1. The predicted molar refractivity (Wildman–Crippen MR) is 122 cm³/mol. The van der Waals surface area contributed by atoms with E-state index in [1.807, 2.05) is 36.4 Å². The number of carboxylic acids is 1. The van der Waals surface area contributed by atoms with Crippen LogP contribution in [0.15, 0.2) is 48.5 Å². The lowest BCUT2D eigenvalue weighted by Crippen LogP contribution is -2.38. The number of aliphatic hydroxyl groups is 1. The Bertz CT molecular complexity index is 1030. The maximum absolute atomic E-state index is 12.4. The fourth-order valence-electron chi connectivity index (χ4n) is 4.71. The van der Waals surface area contributed by atoms with E-state index < -0.39 is 36.1 Å². The Balaban J connectivity index is 1.25. The molecule has 3 unspecified atom stereocenters. The summed E-state index contributed by atoms with van der Waals surface area (Å²) >= 11 is 0. The van der Waals surface area contributed by atoms with E-state index in [2.05, 4.69) is 17.4 Å². The first-order chi connectivity index (χ1) is 16.4. The number of hydrogen-bond acceptors (Lipinski definition) is 6. The molecule has 1 fully saturated rings. The molecule has 3 atom stereocenters. The van der Waals surface area contributed by atoms with Crippen molar-refractivity contribution in [2.45, 2.75) is 24.5 Å². The number of nitrogens with one attached hydrogen (secondary N) is 1. The number of aliphatic carboxylic acids is 1. The average molecular weight is 469 g/mol. The minimum absolute atomic E-state index is 0.0270. The number of ether oxygens (including phenoxy) is 2. The van der Waals surface area contributed by atoms with Gasteiger partial charge < -0.3 is 29.9 Å². The molecule has 34 heavy (non-hydrogen) atoms. The summed E-state index contributed by atoms with van der Waals surface area (Å²) < 4.78 is 10.6. The van der Waals surface area contributed by atoms with Crippen molar-refractivity contribution < 1.29 is 34.1 Å². The van der Waals surface area contributed by atoms with E-state index in [0.29, 0.717) is 0 Å². The Kier molecular flexibility index (Phi) is 7.14. The second kappa shape index (κ2) is 10.2. The van der Waals surface area contributed by atoms with Gasteiger partial charge in [-0.2, -0.15) is 0 Å². The van der Waals surface area contributed by atoms with Crippen molar-refractivity contribution in [3.05, 3.63) is 59.7 Å². The van der Waals surface area contributed by atoms with Crippen molar-refractivity contribution in [1.82, 2.24) is 10.2 Å². The smallest absolute Gasteiger partial charge is 0.407 e. The molecule has 0 saturated carbocycles.